The van der Waals surface area contributed by atoms with E-state index in [1.165, 1.54) is 0 Å². The van der Waals surface area contributed by atoms with Crippen molar-refractivity contribution in [3.8, 4) is 17.0 Å². The van der Waals surface area contributed by atoms with Gasteiger partial charge in [-0.05, 0) is 35.9 Å². The number of ether oxygens (including phenoxy) is 3. The van der Waals surface area contributed by atoms with E-state index in [0.717, 1.165) is 22.6 Å². The van der Waals surface area contributed by atoms with E-state index in [4.69, 9.17) is 14.2 Å². The van der Waals surface area contributed by atoms with Crippen LogP contribution in [0.4, 0.5) is 5.95 Å². The van der Waals surface area contributed by atoms with Crippen molar-refractivity contribution < 1.29 is 22.6 Å². The molecule has 4 unspecified atom stereocenters. The van der Waals surface area contributed by atoms with Gasteiger partial charge < -0.3 is 19.5 Å². The second-order valence-corrected chi connectivity index (χ2v) is 10.1. The molecule has 10 heteroatoms. The van der Waals surface area contributed by atoms with Crippen molar-refractivity contribution in [1.29, 1.82) is 0 Å². The predicted molar refractivity (Wildman–Crippen MR) is 127 cm³/mol. The standard InChI is InChI=1S/C24H26N4O5S/c1-31-18-9-7-17(8-10-18)19-11-12-25-24(26-19)27-20-13-32-23-21(14-33-22(20)23)28-34(29,30)15-16-5-3-2-4-6-16/h2-12,20-23,28H,13-15H2,1H3,(H,25,26,27). The van der Waals surface area contributed by atoms with E-state index in [2.05, 4.69) is 20.0 Å². The number of methoxy groups -OCH3 is 1. The second-order valence-electron chi connectivity index (χ2n) is 8.31. The number of rotatable bonds is 8. The monoisotopic (exact) mass is 482 g/mol. The van der Waals surface area contributed by atoms with Gasteiger partial charge >= 0.3 is 0 Å². The Morgan fingerprint density at radius 1 is 0.971 bits per heavy atom. The van der Waals surface area contributed by atoms with E-state index in [0.29, 0.717) is 12.6 Å². The molecule has 34 heavy (non-hydrogen) atoms. The Balaban J connectivity index is 1.22. The number of nitrogens with one attached hydrogen (secondary N) is 2. The molecule has 5 rings (SSSR count). The topological polar surface area (TPSA) is 112 Å². The highest BCUT2D eigenvalue weighted by molar-refractivity contribution is 7.88. The smallest absolute Gasteiger partial charge is 0.223 e. The fourth-order valence-corrected chi connectivity index (χ4v) is 5.68. The molecule has 2 aliphatic heterocycles. The number of sulfonamides is 1. The van der Waals surface area contributed by atoms with Crippen LogP contribution in [0, 0.1) is 0 Å². The SMILES string of the molecule is COc1ccc(-c2ccnc(NC3COC4C(NS(=O)(=O)Cc5ccccc5)COC34)n2)cc1. The van der Waals surface area contributed by atoms with E-state index in [1.54, 1.807) is 25.4 Å². The summed E-state index contributed by atoms with van der Waals surface area (Å²) >= 11 is 0. The molecule has 2 aliphatic rings. The van der Waals surface area contributed by atoms with Crippen molar-refractivity contribution in [3.05, 3.63) is 72.4 Å². The third kappa shape index (κ3) is 5.05. The molecule has 0 spiro atoms. The second kappa shape index (κ2) is 9.67. The van der Waals surface area contributed by atoms with Gasteiger partial charge in [0.1, 0.15) is 18.0 Å². The van der Waals surface area contributed by atoms with E-state index in [-0.39, 0.29) is 30.6 Å². The summed E-state index contributed by atoms with van der Waals surface area (Å²) in [5.74, 6) is 1.15. The summed E-state index contributed by atoms with van der Waals surface area (Å²) in [6.45, 7) is 0.608. The van der Waals surface area contributed by atoms with Gasteiger partial charge in [0.05, 0.1) is 43.9 Å². The fourth-order valence-electron chi connectivity index (χ4n) is 4.31. The summed E-state index contributed by atoms with van der Waals surface area (Å²) in [7, 11) is -1.91. The van der Waals surface area contributed by atoms with Crippen LogP contribution in [0.3, 0.4) is 0 Å². The summed E-state index contributed by atoms with van der Waals surface area (Å²) in [6, 6.07) is 17.9. The first-order valence-electron chi connectivity index (χ1n) is 11.0. The minimum atomic E-state index is -3.54. The number of benzene rings is 2. The number of aromatic nitrogens is 2. The quantitative estimate of drug-likeness (QED) is 0.503. The van der Waals surface area contributed by atoms with Crippen molar-refractivity contribution in [3.63, 3.8) is 0 Å². The molecule has 4 atom stereocenters. The third-order valence-electron chi connectivity index (χ3n) is 5.94. The normalized spacial score (nSPS) is 24.0. The Kier molecular flexibility index (Phi) is 6.46. The van der Waals surface area contributed by atoms with Crippen LogP contribution in [0.15, 0.2) is 66.9 Å². The highest BCUT2D eigenvalue weighted by Gasteiger charge is 2.49. The maximum Gasteiger partial charge on any atom is 0.223 e. The first-order valence-corrected chi connectivity index (χ1v) is 12.7. The molecule has 0 amide bonds. The summed E-state index contributed by atoms with van der Waals surface area (Å²) in [5.41, 5.74) is 2.44. The lowest BCUT2D eigenvalue weighted by atomic mass is 10.1. The van der Waals surface area contributed by atoms with Gasteiger partial charge in [0, 0.05) is 11.8 Å². The van der Waals surface area contributed by atoms with Crippen LogP contribution in [-0.4, -0.2) is 63.0 Å². The summed E-state index contributed by atoms with van der Waals surface area (Å²) in [6.07, 6.45) is 1.00. The van der Waals surface area contributed by atoms with Crippen LogP contribution in [0.1, 0.15) is 5.56 Å². The van der Waals surface area contributed by atoms with Crippen LogP contribution in [-0.2, 0) is 25.2 Å². The molecular weight excluding hydrogens is 456 g/mol. The van der Waals surface area contributed by atoms with Crippen molar-refractivity contribution in [2.75, 3.05) is 25.6 Å². The van der Waals surface area contributed by atoms with Crippen molar-refractivity contribution in [1.82, 2.24) is 14.7 Å². The number of nitrogens with zero attached hydrogens (tertiary/aromatic N) is 2. The van der Waals surface area contributed by atoms with Crippen LogP contribution in [0.2, 0.25) is 0 Å². The van der Waals surface area contributed by atoms with Crippen molar-refractivity contribution >= 4 is 16.0 Å². The largest absolute Gasteiger partial charge is 0.497 e. The maximum absolute atomic E-state index is 12.7. The highest BCUT2D eigenvalue weighted by Crippen LogP contribution is 2.29. The molecule has 0 radical (unpaired) electrons. The van der Waals surface area contributed by atoms with Crippen LogP contribution < -0.4 is 14.8 Å². The average molecular weight is 483 g/mol. The lowest BCUT2D eigenvalue weighted by Gasteiger charge is -2.18. The number of hydrogen-bond acceptors (Lipinski definition) is 8. The number of hydrogen-bond donors (Lipinski definition) is 2. The van der Waals surface area contributed by atoms with Gasteiger partial charge in [-0.3, -0.25) is 0 Å². The van der Waals surface area contributed by atoms with Crippen LogP contribution in [0.5, 0.6) is 5.75 Å². The zero-order chi connectivity index (χ0) is 23.5. The molecule has 1 aromatic heterocycles. The van der Waals surface area contributed by atoms with E-state index < -0.39 is 16.1 Å². The molecule has 2 fully saturated rings. The highest BCUT2D eigenvalue weighted by atomic mass is 32.2. The summed E-state index contributed by atoms with van der Waals surface area (Å²) < 4.78 is 45.1. The fraction of sp³-hybridized carbons (Fsp3) is 0.333. The van der Waals surface area contributed by atoms with Gasteiger partial charge in [-0.15, -0.1) is 0 Å². The Morgan fingerprint density at radius 2 is 1.68 bits per heavy atom. The molecule has 2 aromatic carbocycles. The summed E-state index contributed by atoms with van der Waals surface area (Å²) in [5, 5.41) is 3.29. The van der Waals surface area contributed by atoms with Gasteiger partial charge in [0.2, 0.25) is 16.0 Å². The number of fused-ring (bicyclic) bond motifs is 1. The average Bonchev–Trinajstić information content (AvgIpc) is 3.43. The molecule has 9 nitrogen and oxygen atoms in total. The molecular formula is C24H26N4O5S. The first-order chi connectivity index (χ1) is 16.5. The molecule has 3 aromatic rings. The summed E-state index contributed by atoms with van der Waals surface area (Å²) in [4.78, 5) is 8.95. The molecule has 178 valence electrons. The minimum absolute atomic E-state index is 0.0879. The molecule has 2 N–H and O–H groups in total. The van der Waals surface area contributed by atoms with E-state index in [9.17, 15) is 8.42 Å². The van der Waals surface area contributed by atoms with E-state index in [1.807, 2.05) is 48.5 Å². The Morgan fingerprint density at radius 3 is 2.41 bits per heavy atom. The molecule has 0 bridgehead atoms. The van der Waals surface area contributed by atoms with Crippen molar-refractivity contribution in [2.45, 2.75) is 30.0 Å². The lowest BCUT2D eigenvalue weighted by molar-refractivity contribution is 0.0690. The number of anilines is 1. The Bertz CT molecular complexity index is 1220. The van der Waals surface area contributed by atoms with Gasteiger partial charge in [-0.2, -0.15) is 0 Å². The van der Waals surface area contributed by atoms with E-state index >= 15 is 0 Å². The zero-order valence-electron chi connectivity index (χ0n) is 18.6. The molecule has 3 heterocycles. The van der Waals surface area contributed by atoms with Gasteiger partial charge in [-0.1, -0.05) is 30.3 Å². The zero-order valence-corrected chi connectivity index (χ0v) is 19.4. The Labute approximate surface area is 198 Å². The minimum Gasteiger partial charge on any atom is -0.497 e. The van der Waals surface area contributed by atoms with Crippen LogP contribution in [0.25, 0.3) is 11.3 Å². The third-order valence-corrected chi connectivity index (χ3v) is 7.31. The predicted octanol–water partition coefficient (Wildman–Crippen LogP) is 2.22. The van der Waals surface area contributed by atoms with Gasteiger partial charge in [0.25, 0.3) is 0 Å². The lowest BCUT2D eigenvalue weighted by Crippen LogP contribution is -2.45. The molecule has 0 saturated carbocycles. The molecule has 2 saturated heterocycles. The van der Waals surface area contributed by atoms with Gasteiger partial charge in [0.15, 0.2) is 0 Å². The molecule has 0 aliphatic carbocycles. The first kappa shape index (κ1) is 22.7. The van der Waals surface area contributed by atoms with Crippen LogP contribution >= 0.6 is 0 Å². The maximum atomic E-state index is 12.7. The van der Waals surface area contributed by atoms with Gasteiger partial charge in [-0.25, -0.2) is 23.1 Å². The van der Waals surface area contributed by atoms with Crippen molar-refractivity contribution in [2.24, 2.45) is 0 Å². The Hall–Kier alpha value is -3.05.